The zero-order chi connectivity index (χ0) is 34.6. The van der Waals surface area contributed by atoms with Gasteiger partial charge in [-0.25, -0.2) is 0 Å². The van der Waals surface area contributed by atoms with Crippen LogP contribution >= 0.6 is 0 Å². The van der Waals surface area contributed by atoms with Crippen LogP contribution in [0.25, 0.3) is 0 Å². The lowest BCUT2D eigenvalue weighted by Gasteiger charge is -2.72. The highest BCUT2D eigenvalue weighted by Gasteiger charge is 2.70. The number of carboxylic acid groups (broad SMARTS) is 1. The molecule has 6 fully saturated rings. The highest BCUT2D eigenvalue weighted by atomic mass is 16.5. The molecule has 0 aromatic carbocycles. The summed E-state index contributed by atoms with van der Waals surface area (Å²) in [5, 5.41) is 16.5. The molecule has 8 rings (SSSR count). The monoisotopic (exact) mass is 674 g/mol. The van der Waals surface area contributed by atoms with Crippen molar-refractivity contribution in [2.45, 2.75) is 137 Å². The number of quaternary nitrogens is 1. The van der Waals surface area contributed by atoms with E-state index in [0.29, 0.717) is 46.5 Å². The summed E-state index contributed by atoms with van der Waals surface area (Å²) in [6, 6.07) is 0. The third-order valence-electron chi connectivity index (χ3n) is 18.0. The number of hydrogen-bond donors (Lipinski definition) is 3. The molecule has 0 aromatic heterocycles. The fourth-order valence-electron chi connectivity index (χ4n) is 15.1. The first-order valence-corrected chi connectivity index (χ1v) is 20.7. The molecule has 1 heterocycles. The van der Waals surface area contributed by atoms with Gasteiger partial charge >= 0.3 is 5.97 Å². The second kappa shape index (κ2) is 12.1. The van der Waals surface area contributed by atoms with Gasteiger partial charge in [0.25, 0.3) is 0 Å². The molecule has 49 heavy (non-hydrogen) atoms. The van der Waals surface area contributed by atoms with E-state index >= 15 is 0 Å². The van der Waals surface area contributed by atoms with Crippen LogP contribution in [-0.4, -0.2) is 49.0 Å². The van der Waals surface area contributed by atoms with Gasteiger partial charge in [-0.15, -0.1) is 0 Å². The number of nitrogens with two attached hydrogens (primary N) is 1. The van der Waals surface area contributed by atoms with Crippen LogP contribution in [0.4, 0.5) is 0 Å². The van der Waals surface area contributed by atoms with Crippen molar-refractivity contribution < 1.29 is 20.0 Å². The lowest BCUT2D eigenvalue weighted by molar-refractivity contribution is -0.659. The third-order valence-corrected chi connectivity index (χ3v) is 18.0. The summed E-state index contributed by atoms with van der Waals surface area (Å²) in [6.07, 6.45) is 21.2. The maximum absolute atomic E-state index is 11.7. The van der Waals surface area contributed by atoms with Gasteiger partial charge in [-0.1, -0.05) is 58.9 Å². The molecule has 5 saturated carbocycles. The molecule has 0 aromatic rings. The minimum Gasteiger partial charge on any atom is -0.481 e. The average molecular weight is 674 g/mol. The van der Waals surface area contributed by atoms with Crippen molar-refractivity contribution in [3.05, 3.63) is 35.5 Å². The molecule has 1 saturated heterocycles. The number of fused-ring (bicyclic) bond motifs is 8. The molecular formula is C44H69N2O3+. The van der Waals surface area contributed by atoms with Gasteiger partial charge in [-0.05, 0) is 165 Å². The number of aliphatic carboxylic acids is 1. The Morgan fingerprint density at radius 1 is 1.00 bits per heavy atom. The van der Waals surface area contributed by atoms with Crippen LogP contribution < -0.4 is 10.6 Å². The van der Waals surface area contributed by atoms with Crippen molar-refractivity contribution in [1.82, 2.24) is 5.32 Å². The minimum atomic E-state index is -0.627. The van der Waals surface area contributed by atoms with Gasteiger partial charge in [0.2, 0.25) is 0 Å². The number of ether oxygens (including phenoxy) is 1. The highest BCUT2D eigenvalue weighted by molar-refractivity contribution is 5.70. The maximum Gasteiger partial charge on any atom is 0.306 e. The fraction of sp³-hybridized carbons (Fsp3) is 0.841. The number of carbonyl (C=O) groups is 1. The molecule has 0 spiro atoms. The second-order valence-electron chi connectivity index (χ2n) is 20.2. The van der Waals surface area contributed by atoms with Gasteiger partial charge < -0.3 is 20.5 Å². The molecular weight excluding hydrogens is 604 g/mol. The number of rotatable bonds is 9. The largest absolute Gasteiger partial charge is 0.481 e. The Bertz CT molecular complexity index is 1410. The standard InChI is InChI=1S/C44H68N2O3/c1-27(2)31-14-19-44(46-23-22-45-25-35-32-24-30(32)26-49-35)21-20-42(6)34(38(31)44)12-13-37-41(5)17-15-33(28-8-10-29(11-9-28)39(47)48)40(3,4)36(41)16-18-43(37,42)7/h8,15,29-32,34-38,45-46H,1,9-14,16-26H2,2-7H3,(H,47,48)/p+1. The Balaban J connectivity index is 1.01. The predicted octanol–water partition coefficient (Wildman–Crippen LogP) is 7.93. The van der Waals surface area contributed by atoms with Gasteiger partial charge in [0.1, 0.15) is 12.6 Å². The van der Waals surface area contributed by atoms with Gasteiger partial charge in [0, 0.05) is 12.1 Å². The zero-order valence-corrected chi connectivity index (χ0v) is 31.9. The number of nitrogens with one attached hydrogen (secondary N) is 1. The predicted molar refractivity (Wildman–Crippen MR) is 197 cm³/mol. The molecule has 4 N–H and O–H groups in total. The molecule has 0 amide bonds. The van der Waals surface area contributed by atoms with Gasteiger partial charge in [-0.3, -0.25) is 4.79 Å². The van der Waals surface area contributed by atoms with Crippen LogP contribution in [0.15, 0.2) is 35.5 Å². The number of carboxylic acids is 1. The Kier molecular flexibility index (Phi) is 8.52. The van der Waals surface area contributed by atoms with E-state index in [9.17, 15) is 9.90 Å². The summed E-state index contributed by atoms with van der Waals surface area (Å²) in [6.45, 7) is 24.7. The molecule has 5 heteroatoms. The van der Waals surface area contributed by atoms with Crippen molar-refractivity contribution in [2.75, 3.05) is 26.2 Å². The van der Waals surface area contributed by atoms with Crippen molar-refractivity contribution in [3.8, 4) is 0 Å². The summed E-state index contributed by atoms with van der Waals surface area (Å²) < 4.78 is 6.05. The van der Waals surface area contributed by atoms with Crippen LogP contribution in [0.1, 0.15) is 125 Å². The van der Waals surface area contributed by atoms with Gasteiger partial charge in [-0.2, -0.15) is 0 Å². The van der Waals surface area contributed by atoms with Crippen molar-refractivity contribution >= 4 is 5.97 Å². The molecule has 8 aliphatic rings. The SMILES string of the molecule is C=C(C)C1CCC2(NCC[NH2+]CC3OCC4CC43)CCC3(C)C(CCC4C5(C)CC=C(C6=CCC(C(=O)O)CC6)C(C)(C)C5CCC43C)C12. The van der Waals surface area contributed by atoms with E-state index in [1.165, 1.54) is 75.4 Å². The van der Waals surface area contributed by atoms with Crippen LogP contribution in [0.3, 0.4) is 0 Å². The molecule has 0 bridgehead atoms. The topological polar surface area (TPSA) is 75.2 Å². The van der Waals surface area contributed by atoms with E-state index in [4.69, 9.17) is 4.74 Å². The minimum absolute atomic E-state index is 0.122. The molecule has 7 aliphatic carbocycles. The lowest BCUT2D eigenvalue weighted by atomic mass is 9.33. The summed E-state index contributed by atoms with van der Waals surface area (Å²) in [4.78, 5) is 11.7. The average Bonchev–Trinajstić information content (AvgIpc) is 3.56. The van der Waals surface area contributed by atoms with E-state index in [-0.39, 0.29) is 16.9 Å². The first-order valence-electron chi connectivity index (χ1n) is 20.7. The Labute approximate surface area is 297 Å². The molecule has 13 atom stereocenters. The van der Waals surface area contributed by atoms with Crippen LogP contribution in [-0.2, 0) is 9.53 Å². The quantitative estimate of drug-likeness (QED) is 0.172. The van der Waals surface area contributed by atoms with Crippen molar-refractivity contribution in [3.63, 3.8) is 0 Å². The van der Waals surface area contributed by atoms with Crippen LogP contribution in [0.2, 0.25) is 0 Å². The maximum atomic E-state index is 11.7. The Hall–Kier alpha value is -1.43. The van der Waals surface area contributed by atoms with E-state index in [2.05, 4.69) is 70.9 Å². The first-order chi connectivity index (χ1) is 23.3. The normalized spacial score (nSPS) is 49.4. The molecule has 1 aliphatic heterocycles. The first kappa shape index (κ1) is 34.6. The highest BCUT2D eigenvalue weighted by Crippen LogP contribution is 2.76. The molecule has 13 unspecified atom stereocenters. The summed E-state index contributed by atoms with van der Waals surface area (Å²) in [5.74, 6) is 4.45. The third kappa shape index (κ3) is 5.19. The van der Waals surface area contributed by atoms with Crippen LogP contribution in [0, 0.1) is 69.0 Å². The smallest absolute Gasteiger partial charge is 0.306 e. The van der Waals surface area contributed by atoms with E-state index in [1.807, 2.05) is 0 Å². The zero-order valence-electron chi connectivity index (χ0n) is 31.9. The molecule has 0 radical (unpaired) electrons. The van der Waals surface area contributed by atoms with E-state index in [0.717, 1.165) is 62.8 Å². The summed E-state index contributed by atoms with van der Waals surface area (Å²) in [5.41, 5.74) is 5.86. The summed E-state index contributed by atoms with van der Waals surface area (Å²) in [7, 11) is 0. The molecule has 5 nitrogen and oxygen atoms in total. The number of allylic oxidation sites excluding steroid dienone is 5. The lowest BCUT2D eigenvalue weighted by Crippen LogP contribution is -2.88. The van der Waals surface area contributed by atoms with Crippen molar-refractivity contribution in [2.24, 2.45) is 69.0 Å². The Morgan fingerprint density at radius 3 is 2.49 bits per heavy atom. The van der Waals surface area contributed by atoms with E-state index < -0.39 is 5.97 Å². The van der Waals surface area contributed by atoms with Gasteiger partial charge in [0.15, 0.2) is 0 Å². The second-order valence-corrected chi connectivity index (χ2v) is 20.2. The fourth-order valence-corrected chi connectivity index (χ4v) is 15.1. The van der Waals surface area contributed by atoms with Gasteiger partial charge in [0.05, 0.1) is 19.1 Å². The summed E-state index contributed by atoms with van der Waals surface area (Å²) >= 11 is 0. The molecule has 272 valence electrons. The number of hydrogen-bond acceptors (Lipinski definition) is 3. The van der Waals surface area contributed by atoms with E-state index in [1.54, 1.807) is 5.57 Å². The Morgan fingerprint density at radius 2 is 1.82 bits per heavy atom. The van der Waals surface area contributed by atoms with Crippen LogP contribution in [0.5, 0.6) is 0 Å². The van der Waals surface area contributed by atoms with Crippen molar-refractivity contribution in [1.29, 1.82) is 0 Å².